The second-order valence-electron chi connectivity index (χ2n) is 22.3. The van der Waals surface area contributed by atoms with Gasteiger partial charge in [-0.1, -0.05) is 208 Å². The van der Waals surface area contributed by atoms with E-state index in [0.29, 0.717) is 28.4 Å². The van der Waals surface area contributed by atoms with Crippen LogP contribution in [0.5, 0.6) is 11.5 Å². The Morgan fingerprint density at radius 1 is 0.550 bits per heavy atom. The summed E-state index contributed by atoms with van der Waals surface area (Å²) in [6.07, 6.45) is 1.83. The van der Waals surface area contributed by atoms with E-state index >= 15 is 0 Å². The fraction of sp³-hybridized carbons (Fsp3) is 0.108. The molecule has 388 valence electrons. The first-order chi connectivity index (χ1) is 40.9. The molecule has 7 aliphatic rings. The first kappa shape index (κ1) is 43.2. The molecular formula is C74H53N4OPt-3. The maximum absolute atomic E-state index is 8.83. The molecule has 5 nitrogen and oxygen atoms in total. The first-order valence-corrected chi connectivity index (χ1v) is 27.1. The van der Waals surface area contributed by atoms with Gasteiger partial charge in [0.05, 0.1) is 17.8 Å². The van der Waals surface area contributed by atoms with Crippen LogP contribution in [0.2, 0.25) is 0 Å². The molecule has 6 aliphatic carbocycles. The minimum absolute atomic E-state index is 0. The molecule has 6 heteroatoms. The van der Waals surface area contributed by atoms with Crippen molar-refractivity contribution >= 4 is 38.9 Å². The number of rotatable bonds is 7. The topological polar surface area (TPSA) is 33.5 Å². The number of benzene rings is 10. The molecule has 0 atom stereocenters. The molecule has 0 radical (unpaired) electrons. The van der Waals surface area contributed by atoms with E-state index in [1.807, 2.05) is 54.7 Å². The average Bonchev–Trinajstić information content (AvgIpc) is 1.18. The van der Waals surface area contributed by atoms with Crippen molar-refractivity contribution in [3.8, 4) is 28.4 Å². The number of aromatic nitrogens is 2. The van der Waals surface area contributed by atoms with Gasteiger partial charge in [-0.15, -0.1) is 41.4 Å². The van der Waals surface area contributed by atoms with Crippen LogP contribution in [0.3, 0.4) is 0 Å². The van der Waals surface area contributed by atoms with Crippen LogP contribution in [-0.2, 0) is 37.4 Å². The molecule has 0 unspecified atom stereocenters. The summed E-state index contributed by atoms with van der Waals surface area (Å²) in [7, 11) is 0. The molecule has 4 bridgehead atoms. The van der Waals surface area contributed by atoms with E-state index in [9.17, 15) is 0 Å². The van der Waals surface area contributed by atoms with Gasteiger partial charge in [0.1, 0.15) is 5.82 Å². The first-order valence-electron chi connectivity index (χ1n) is 29.6. The summed E-state index contributed by atoms with van der Waals surface area (Å²) in [5, 5.41) is 1.63. The van der Waals surface area contributed by atoms with Crippen LogP contribution in [0.15, 0.2) is 249 Å². The Kier molecular flexibility index (Phi) is 9.79. The molecule has 0 N–H and O–H groups in total. The van der Waals surface area contributed by atoms with Crippen LogP contribution in [-0.4, -0.2) is 9.55 Å². The second-order valence-corrected chi connectivity index (χ2v) is 22.3. The number of pyridine rings is 1. The third-order valence-electron chi connectivity index (χ3n) is 17.4. The van der Waals surface area contributed by atoms with Gasteiger partial charge in [-0.2, -0.15) is 18.8 Å². The van der Waals surface area contributed by atoms with Gasteiger partial charge in [0, 0.05) is 67.5 Å². The van der Waals surface area contributed by atoms with Gasteiger partial charge in [-0.3, -0.25) is 0 Å². The molecule has 3 heterocycles. The number of para-hydroxylation sites is 2. The fourth-order valence-corrected chi connectivity index (χ4v) is 14.3. The van der Waals surface area contributed by atoms with Crippen molar-refractivity contribution in [3.05, 3.63) is 323 Å². The minimum Gasteiger partial charge on any atom is -0.509 e. The van der Waals surface area contributed by atoms with Crippen molar-refractivity contribution in [3.63, 3.8) is 0 Å². The monoisotopic (exact) mass is 1210 g/mol. The van der Waals surface area contributed by atoms with Crippen LogP contribution in [0.4, 0.5) is 17.1 Å². The maximum Gasteiger partial charge on any atom is 0.135 e. The number of nitrogens with zero attached hydrogens (tertiary/aromatic N) is 4. The van der Waals surface area contributed by atoms with Crippen molar-refractivity contribution in [2.75, 3.05) is 9.80 Å². The molecule has 0 spiro atoms. The van der Waals surface area contributed by atoms with Crippen molar-refractivity contribution in [1.82, 2.24) is 9.55 Å². The van der Waals surface area contributed by atoms with Gasteiger partial charge in [-0.25, -0.2) is 4.98 Å². The molecule has 10 aromatic carbocycles. The summed E-state index contributed by atoms with van der Waals surface area (Å²) in [6, 6.07) is 82.3. The van der Waals surface area contributed by atoms with E-state index in [1.165, 1.54) is 50.1 Å². The smallest absolute Gasteiger partial charge is 0.135 e. The van der Waals surface area contributed by atoms with Crippen LogP contribution in [0, 0.1) is 18.8 Å². The summed E-state index contributed by atoms with van der Waals surface area (Å²) >= 11 is 0. The van der Waals surface area contributed by atoms with E-state index in [1.54, 1.807) is 0 Å². The third-order valence-corrected chi connectivity index (χ3v) is 17.4. The largest absolute Gasteiger partial charge is 0.509 e. The van der Waals surface area contributed by atoms with E-state index in [2.05, 4.69) is 218 Å². The normalized spacial score (nSPS) is 20.0. The quantitative estimate of drug-likeness (QED) is 0.149. The predicted molar refractivity (Wildman–Crippen MR) is 319 cm³/mol. The molecule has 1 aliphatic heterocycles. The van der Waals surface area contributed by atoms with Gasteiger partial charge < -0.3 is 19.1 Å². The van der Waals surface area contributed by atoms with E-state index in [0.717, 1.165) is 38.9 Å². The average molecular weight is 1210 g/mol. The van der Waals surface area contributed by atoms with Crippen molar-refractivity contribution < 1.29 is 32.7 Å². The molecular weight excluding hydrogens is 1160 g/mol. The van der Waals surface area contributed by atoms with Gasteiger partial charge in [0.15, 0.2) is 0 Å². The Bertz CT molecular complexity index is 4620. The second kappa shape index (κ2) is 18.1. The molecule has 2 aromatic heterocycles. The summed E-state index contributed by atoms with van der Waals surface area (Å²) in [5.41, 5.74) is 16.4. The molecule has 80 heavy (non-hydrogen) atoms. The van der Waals surface area contributed by atoms with Crippen LogP contribution in [0.25, 0.3) is 38.8 Å². The van der Waals surface area contributed by atoms with Crippen LogP contribution in [0.1, 0.15) is 95.1 Å². The summed E-state index contributed by atoms with van der Waals surface area (Å²) in [5.74, 6) is 1.50. The van der Waals surface area contributed by atoms with Crippen molar-refractivity contribution in [2.24, 2.45) is 0 Å². The zero-order valence-electron chi connectivity index (χ0n) is 49.0. The van der Waals surface area contributed by atoms with Crippen LogP contribution >= 0.6 is 0 Å². The molecule has 0 amide bonds. The number of ether oxygens (including phenoxy) is 1. The molecule has 0 saturated carbocycles. The molecule has 19 rings (SSSR count). The zero-order chi connectivity index (χ0) is 57.0. The Morgan fingerprint density at radius 2 is 1.16 bits per heavy atom. The van der Waals surface area contributed by atoms with Crippen molar-refractivity contribution in [1.29, 1.82) is 0 Å². The van der Waals surface area contributed by atoms with Gasteiger partial charge in [-0.05, 0) is 108 Å². The minimum atomic E-state index is -0.804. The third kappa shape index (κ3) is 6.77. The van der Waals surface area contributed by atoms with Gasteiger partial charge in [0.25, 0.3) is 0 Å². The number of anilines is 3. The number of fused-ring (bicyclic) bond motifs is 4. The van der Waals surface area contributed by atoms with Crippen LogP contribution < -0.4 is 14.5 Å². The Morgan fingerprint density at radius 3 is 1.85 bits per heavy atom. The van der Waals surface area contributed by atoms with E-state index in [4.69, 9.17) is 16.6 Å². The Balaban J connectivity index is 0.00000613. The standard InChI is InChI=1S/C74H53N4O.Pt/c1-72(2,3)51-41-42-75-69(44-51)78-65-40-37-49(48-21-6-4-7-22-48)43-60(65)55-39-38-54(46-68(55)78)79-53-26-20-25-52(45-53)76-47-77(67-36-19-18-35-66(67)76)74-63-33-16-14-31-61(63)73(50-23-8-5-9-24-50,62-32-15-17-34-64(62)74)70-56-27-10-12-29-58(56)71(74)59-30-13-11-28-57(59)70;/h4-44,47,70-71H,1-3H3;/q-3;/i4D,6D,7D,21D,22D;. The zero-order valence-corrected chi connectivity index (χ0v) is 46.3. The Hall–Kier alpha value is -8.76. The number of hydrogen-bond acceptors (Lipinski definition) is 4. The Labute approximate surface area is 488 Å². The molecule has 0 fully saturated rings. The van der Waals surface area contributed by atoms with Gasteiger partial charge in [0.2, 0.25) is 0 Å². The van der Waals surface area contributed by atoms with E-state index in [-0.39, 0.29) is 68.0 Å². The van der Waals surface area contributed by atoms with Gasteiger partial charge >= 0.3 is 0 Å². The maximum atomic E-state index is 8.83. The van der Waals surface area contributed by atoms with E-state index < -0.39 is 17.0 Å². The molecule has 12 aromatic rings. The SMILES string of the molecule is [2H]c1c([2H])c([2H])c(-c2ccc3c(c2)c2ccc(Oc4[c-]c(N5[CH-]N(C67c8ccccc8C(c8ccccc8)(c8ccccc86)C6c8ccccc8C7c7ccccc76)c6ccccc65)ccc4)[c-]c2n3-c2cc(C(C)(C)C)ccn2)c([2H])c1[2H].[Pt]. The predicted octanol–water partition coefficient (Wildman–Crippen LogP) is 17.5. The fourth-order valence-electron chi connectivity index (χ4n) is 14.3. The number of hydrogen-bond donors (Lipinski definition) is 0. The summed E-state index contributed by atoms with van der Waals surface area (Å²) in [4.78, 5) is 9.75. The molecule has 0 saturated heterocycles. The summed E-state index contributed by atoms with van der Waals surface area (Å²) in [6.45, 7) is 8.82. The summed E-state index contributed by atoms with van der Waals surface area (Å²) < 4.78 is 51.8. The van der Waals surface area contributed by atoms with Crippen molar-refractivity contribution in [2.45, 2.75) is 49.0 Å².